The van der Waals surface area contributed by atoms with Crippen molar-refractivity contribution in [1.82, 2.24) is 0 Å². The summed E-state index contributed by atoms with van der Waals surface area (Å²) >= 11 is 12.0. The maximum absolute atomic E-state index is 10.6. The summed E-state index contributed by atoms with van der Waals surface area (Å²) in [6, 6.07) is 7.67. The van der Waals surface area contributed by atoms with Gasteiger partial charge in [0.1, 0.15) is 11.2 Å². The molecule has 0 amide bonds. The number of carbonyl (C=O) groups excluding carboxylic acids is 1. The molecule has 1 fully saturated rings. The summed E-state index contributed by atoms with van der Waals surface area (Å²) in [4.78, 5) is 10.00. The smallest absolute Gasteiger partial charge is 0.141 e. The SMILES string of the molecule is O=CC1(Cl)CC1Cc1ccccc1Cl. The van der Waals surface area contributed by atoms with E-state index in [1.807, 2.05) is 24.3 Å². The van der Waals surface area contributed by atoms with Gasteiger partial charge in [-0.2, -0.15) is 0 Å². The molecule has 0 aliphatic heterocycles. The molecule has 2 rings (SSSR count). The zero-order valence-electron chi connectivity index (χ0n) is 7.54. The molecule has 0 N–H and O–H groups in total. The van der Waals surface area contributed by atoms with Crippen LogP contribution in [0.5, 0.6) is 0 Å². The zero-order valence-corrected chi connectivity index (χ0v) is 9.05. The number of alkyl halides is 1. The van der Waals surface area contributed by atoms with Gasteiger partial charge >= 0.3 is 0 Å². The van der Waals surface area contributed by atoms with Gasteiger partial charge in [0, 0.05) is 5.02 Å². The molecule has 3 heteroatoms. The normalized spacial score (nSPS) is 30.0. The van der Waals surface area contributed by atoms with Crippen LogP contribution in [-0.2, 0) is 11.2 Å². The van der Waals surface area contributed by atoms with Crippen LogP contribution in [0.15, 0.2) is 24.3 Å². The van der Waals surface area contributed by atoms with E-state index in [-0.39, 0.29) is 5.92 Å². The zero-order chi connectivity index (χ0) is 10.2. The summed E-state index contributed by atoms with van der Waals surface area (Å²) in [5.41, 5.74) is 1.07. The maximum Gasteiger partial charge on any atom is 0.141 e. The van der Waals surface area contributed by atoms with E-state index in [1.165, 1.54) is 0 Å². The molecular formula is C11H10Cl2O. The summed E-state index contributed by atoms with van der Waals surface area (Å²) in [6.07, 6.45) is 2.40. The van der Waals surface area contributed by atoms with Gasteiger partial charge in [0.2, 0.25) is 0 Å². The lowest BCUT2D eigenvalue weighted by molar-refractivity contribution is -0.108. The molecule has 14 heavy (non-hydrogen) atoms. The Kier molecular flexibility index (Phi) is 2.54. The minimum absolute atomic E-state index is 0.251. The van der Waals surface area contributed by atoms with Crippen molar-refractivity contribution in [3.05, 3.63) is 34.9 Å². The number of benzene rings is 1. The van der Waals surface area contributed by atoms with Crippen LogP contribution < -0.4 is 0 Å². The van der Waals surface area contributed by atoms with Crippen molar-refractivity contribution >= 4 is 29.5 Å². The van der Waals surface area contributed by atoms with Gasteiger partial charge in [0.05, 0.1) is 0 Å². The second kappa shape index (κ2) is 3.56. The lowest BCUT2D eigenvalue weighted by atomic mass is 10.1. The Morgan fingerprint density at radius 2 is 2.21 bits per heavy atom. The maximum atomic E-state index is 10.6. The van der Waals surface area contributed by atoms with Gasteiger partial charge in [-0.3, -0.25) is 0 Å². The van der Waals surface area contributed by atoms with Crippen molar-refractivity contribution in [3.8, 4) is 0 Å². The summed E-state index contributed by atoms with van der Waals surface area (Å²) in [7, 11) is 0. The third-order valence-electron chi connectivity index (χ3n) is 2.70. The highest BCUT2D eigenvalue weighted by atomic mass is 35.5. The molecule has 1 aromatic rings. The molecule has 1 aliphatic carbocycles. The lowest BCUT2D eigenvalue weighted by Gasteiger charge is -2.03. The molecule has 1 nitrogen and oxygen atoms in total. The van der Waals surface area contributed by atoms with Crippen molar-refractivity contribution in [2.24, 2.45) is 5.92 Å². The van der Waals surface area contributed by atoms with Gasteiger partial charge in [0.25, 0.3) is 0 Å². The molecule has 2 atom stereocenters. The van der Waals surface area contributed by atoms with Gasteiger partial charge in [-0.1, -0.05) is 29.8 Å². The Morgan fingerprint density at radius 3 is 2.79 bits per heavy atom. The molecule has 0 heterocycles. The number of carbonyl (C=O) groups is 1. The standard InChI is InChI=1S/C11H10Cl2O/c12-10-4-2-1-3-8(10)5-9-6-11(9,13)7-14/h1-4,7,9H,5-6H2. The lowest BCUT2D eigenvalue weighted by Crippen LogP contribution is -2.05. The van der Waals surface area contributed by atoms with E-state index in [0.29, 0.717) is 0 Å². The molecular weight excluding hydrogens is 219 g/mol. The van der Waals surface area contributed by atoms with E-state index in [9.17, 15) is 4.79 Å². The summed E-state index contributed by atoms with van der Waals surface area (Å²) in [5, 5.41) is 0.754. The number of rotatable bonds is 3. The predicted molar refractivity (Wildman–Crippen MR) is 57.9 cm³/mol. The first-order chi connectivity index (χ1) is 6.65. The summed E-state index contributed by atoms with van der Waals surface area (Å²) in [5.74, 6) is 0.251. The first kappa shape index (κ1) is 10.0. The van der Waals surface area contributed by atoms with Crippen LogP contribution in [0.4, 0.5) is 0 Å². The molecule has 1 aromatic carbocycles. The van der Waals surface area contributed by atoms with E-state index in [0.717, 1.165) is 29.7 Å². The van der Waals surface area contributed by atoms with E-state index in [1.54, 1.807) is 0 Å². The quantitative estimate of drug-likeness (QED) is 0.575. The fraction of sp³-hybridized carbons (Fsp3) is 0.364. The van der Waals surface area contributed by atoms with E-state index in [4.69, 9.17) is 23.2 Å². The summed E-state index contributed by atoms with van der Waals surface area (Å²) in [6.45, 7) is 0. The largest absolute Gasteiger partial charge is 0.301 e. The molecule has 0 radical (unpaired) electrons. The molecule has 0 bridgehead atoms. The van der Waals surface area contributed by atoms with E-state index >= 15 is 0 Å². The number of halogens is 2. The molecule has 0 aromatic heterocycles. The van der Waals surface area contributed by atoms with Crippen LogP contribution in [-0.4, -0.2) is 11.2 Å². The average molecular weight is 229 g/mol. The fourth-order valence-corrected chi connectivity index (χ4v) is 2.11. The van der Waals surface area contributed by atoms with Crippen molar-refractivity contribution < 1.29 is 4.79 Å². The average Bonchev–Trinajstić information content (AvgIpc) is 2.82. The minimum atomic E-state index is -0.612. The van der Waals surface area contributed by atoms with Crippen LogP contribution in [0.1, 0.15) is 12.0 Å². The Balaban J connectivity index is 2.07. The molecule has 0 saturated heterocycles. The van der Waals surface area contributed by atoms with Gasteiger partial charge in [-0.25, -0.2) is 0 Å². The molecule has 0 spiro atoms. The van der Waals surface area contributed by atoms with E-state index < -0.39 is 4.87 Å². The van der Waals surface area contributed by atoms with Crippen LogP contribution in [0, 0.1) is 5.92 Å². The Labute approximate surface area is 93.0 Å². The minimum Gasteiger partial charge on any atom is -0.301 e. The first-order valence-corrected chi connectivity index (χ1v) is 5.30. The highest BCUT2D eigenvalue weighted by Gasteiger charge is 2.52. The second-order valence-corrected chi connectivity index (χ2v) is 4.85. The van der Waals surface area contributed by atoms with Crippen LogP contribution in [0.2, 0.25) is 5.02 Å². The third-order valence-corrected chi connectivity index (χ3v) is 3.62. The van der Waals surface area contributed by atoms with Gasteiger partial charge < -0.3 is 4.79 Å². The molecule has 2 unspecified atom stereocenters. The second-order valence-electron chi connectivity index (χ2n) is 3.74. The van der Waals surface area contributed by atoms with Gasteiger partial charge in [-0.05, 0) is 30.4 Å². The van der Waals surface area contributed by atoms with Crippen molar-refractivity contribution in [3.63, 3.8) is 0 Å². The molecule has 1 saturated carbocycles. The fourth-order valence-electron chi connectivity index (χ4n) is 1.63. The van der Waals surface area contributed by atoms with Crippen LogP contribution >= 0.6 is 23.2 Å². The van der Waals surface area contributed by atoms with Gasteiger partial charge in [0.15, 0.2) is 0 Å². The third kappa shape index (κ3) is 1.79. The Hall–Kier alpha value is -0.530. The van der Waals surface area contributed by atoms with Crippen LogP contribution in [0.3, 0.4) is 0 Å². The number of aldehydes is 1. The number of hydrogen-bond donors (Lipinski definition) is 0. The Morgan fingerprint density at radius 1 is 1.50 bits per heavy atom. The van der Waals surface area contributed by atoms with E-state index in [2.05, 4.69) is 0 Å². The topological polar surface area (TPSA) is 17.1 Å². The van der Waals surface area contributed by atoms with Crippen molar-refractivity contribution in [2.45, 2.75) is 17.7 Å². The van der Waals surface area contributed by atoms with Crippen LogP contribution in [0.25, 0.3) is 0 Å². The van der Waals surface area contributed by atoms with Crippen molar-refractivity contribution in [2.75, 3.05) is 0 Å². The summed E-state index contributed by atoms with van der Waals surface area (Å²) < 4.78 is 0. The number of hydrogen-bond acceptors (Lipinski definition) is 1. The highest BCUT2D eigenvalue weighted by molar-refractivity contribution is 6.34. The first-order valence-electron chi connectivity index (χ1n) is 4.54. The molecule has 74 valence electrons. The predicted octanol–water partition coefficient (Wildman–Crippen LogP) is 3.08. The Bertz CT molecular complexity index is 364. The highest BCUT2D eigenvalue weighted by Crippen LogP contribution is 2.50. The van der Waals surface area contributed by atoms with Crippen molar-refractivity contribution in [1.29, 1.82) is 0 Å². The monoisotopic (exact) mass is 228 g/mol. The molecule has 1 aliphatic rings. The van der Waals surface area contributed by atoms with Gasteiger partial charge in [-0.15, -0.1) is 11.6 Å².